The average Bonchev–Trinajstić information content (AvgIpc) is 2.60. The summed E-state index contributed by atoms with van der Waals surface area (Å²) >= 11 is 12.1. The number of aromatic nitrogens is 2. The number of benzene rings is 1. The summed E-state index contributed by atoms with van der Waals surface area (Å²) in [5.41, 5.74) is 0.331. The van der Waals surface area contributed by atoms with E-state index in [2.05, 4.69) is 20.0 Å². The van der Waals surface area contributed by atoms with Crippen LogP contribution in [-0.2, 0) is 0 Å². The number of hydrogen-bond donors (Lipinski definition) is 1. The molecule has 1 fully saturated rings. The van der Waals surface area contributed by atoms with Crippen molar-refractivity contribution < 1.29 is 4.74 Å². The van der Waals surface area contributed by atoms with Crippen molar-refractivity contribution in [1.29, 1.82) is 0 Å². The molecule has 0 aliphatic carbocycles. The summed E-state index contributed by atoms with van der Waals surface area (Å²) in [5.74, 6) is 0.708. The van der Waals surface area contributed by atoms with Crippen LogP contribution in [0.25, 0.3) is 0 Å². The second kappa shape index (κ2) is 7.88. The summed E-state index contributed by atoms with van der Waals surface area (Å²) in [7, 11) is 0. The first kappa shape index (κ1) is 17.1. The molecule has 1 aromatic heterocycles. The van der Waals surface area contributed by atoms with Gasteiger partial charge in [0.2, 0.25) is 0 Å². The number of ether oxygens (including phenoxy) is 1. The van der Waals surface area contributed by atoms with E-state index in [1.54, 1.807) is 6.20 Å². The van der Waals surface area contributed by atoms with Gasteiger partial charge in [0.25, 0.3) is 5.56 Å². The Bertz CT molecular complexity index is 745. The zero-order valence-corrected chi connectivity index (χ0v) is 14.6. The number of hydrogen-bond acceptors (Lipinski definition) is 5. The van der Waals surface area contributed by atoms with Crippen molar-refractivity contribution in [2.24, 2.45) is 0 Å². The number of nitrogens with one attached hydrogen (secondary N) is 1. The fourth-order valence-corrected chi connectivity index (χ4v) is 3.05. The second-order valence-electron chi connectivity index (χ2n) is 5.51. The van der Waals surface area contributed by atoms with Gasteiger partial charge in [0, 0.05) is 32.7 Å². The normalized spacial score (nSPS) is 15.5. The maximum atomic E-state index is 11.5. The van der Waals surface area contributed by atoms with Crippen LogP contribution < -0.4 is 15.2 Å². The van der Waals surface area contributed by atoms with Crippen molar-refractivity contribution in [2.75, 3.05) is 44.2 Å². The molecule has 0 spiro atoms. The van der Waals surface area contributed by atoms with Crippen LogP contribution in [-0.4, -0.2) is 54.4 Å². The SMILES string of the molecule is O=c1[nH]ncc(N2CCN(CCOc3ccccc3Cl)CC2)c1Cl. The molecule has 24 heavy (non-hydrogen) atoms. The van der Waals surface area contributed by atoms with E-state index < -0.39 is 0 Å². The van der Waals surface area contributed by atoms with E-state index in [1.807, 2.05) is 24.3 Å². The molecular weight excluding hydrogens is 351 g/mol. The quantitative estimate of drug-likeness (QED) is 0.876. The number of anilines is 1. The van der Waals surface area contributed by atoms with Crippen molar-refractivity contribution >= 4 is 28.9 Å². The van der Waals surface area contributed by atoms with E-state index >= 15 is 0 Å². The molecule has 0 atom stereocenters. The van der Waals surface area contributed by atoms with Crippen molar-refractivity contribution in [3.63, 3.8) is 0 Å². The molecule has 0 unspecified atom stereocenters. The van der Waals surface area contributed by atoms with Crippen molar-refractivity contribution in [1.82, 2.24) is 15.1 Å². The van der Waals surface area contributed by atoms with E-state index in [0.29, 0.717) is 23.1 Å². The maximum Gasteiger partial charge on any atom is 0.285 e. The highest BCUT2D eigenvalue weighted by Crippen LogP contribution is 2.23. The molecule has 1 aromatic carbocycles. The lowest BCUT2D eigenvalue weighted by Crippen LogP contribution is -2.48. The molecule has 3 rings (SSSR count). The molecule has 0 amide bonds. The Morgan fingerprint density at radius 2 is 1.92 bits per heavy atom. The Hall–Kier alpha value is -1.76. The molecular formula is C16H18Cl2N4O2. The number of rotatable bonds is 5. The van der Waals surface area contributed by atoms with Crippen LogP contribution in [0.15, 0.2) is 35.3 Å². The summed E-state index contributed by atoms with van der Waals surface area (Å²) in [6.45, 7) is 4.72. The molecule has 0 saturated carbocycles. The Morgan fingerprint density at radius 1 is 1.17 bits per heavy atom. The van der Waals surface area contributed by atoms with E-state index in [1.165, 1.54) is 0 Å². The lowest BCUT2D eigenvalue weighted by molar-refractivity contribution is 0.200. The van der Waals surface area contributed by atoms with Crippen LogP contribution in [0.4, 0.5) is 5.69 Å². The smallest absolute Gasteiger partial charge is 0.285 e. The van der Waals surface area contributed by atoms with Crippen LogP contribution in [0, 0.1) is 0 Å². The number of nitrogens with zero attached hydrogens (tertiary/aromatic N) is 3. The highest BCUT2D eigenvalue weighted by Gasteiger charge is 2.20. The van der Waals surface area contributed by atoms with Gasteiger partial charge in [-0.15, -0.1) is 0 Å². The first-order valence-corrected chi connectivity index (χ1v) is 8.48. The third kappa shape index (κ3) is 4.01. The Morgan fingerprint density at radius 3 is 2.67 bits per heavy atom. The zero-order chi connectivity index (χ0) is 16.9. The summed E-state index contributed by atoms with van der Waals surface area (Å²) in [6, 6.07) is 7.46. The molecule has 8 heteroatoms. The maximum absolute atomic E-state index is 11.5. The molecule has 1 saturated heterocycles. The van der Waals surface area contributed by atoms with Gasteiger partial charge in [-0.1, -0.05) is 35.3 Å². The van der Waals surface area contributed by atoms with Crippen molar-refractivity contribution in [2.45, 2.75) is 0 Å². The summed E-state index contributed by atoms with van der Waals surface area (Å²) in [6.07, 6.45) is 1.60. The van der Waals surface area contributed by atoms with E-state index in [0.717, 1.165) is 32.7 Å². The van der Waals surface area contributed by atoms with Crippen molar-refractivity contribution in [3.05, 3.63) is 50.9 Å². The minimum atomic E-state index is -0.357. The predicted octanol–water partition coefficient (Wildman–Crippen LogP) is 2.28. The monoisotopic (exact) mass is 368 g/mol. The van der Waals surface area contributed by atoms with Gasteiger partial charge in [0.1, 0.15) is 17.4 Å². The van der Waals surface area contributed by atoms with Gasteiger partial charge < -0.3 is 9.64 Å². The van der Waals surface area contributed by atoms with E-state index in [4.69, 9.17) is 27.9 Å². The summed E-state index contributed by atoms with van der Waals surface area (Å²) in [4.78, 5) is 15.9. The van der Waals surface area contributed by atoms with Gasteiger partial charge in [-0.2, -0.15) is 5.10 Å². The molecule has 6 nitrogen and oxygen atoms in total. The second-order valence-corrected chi connectivity index (χ2v) is 6.29. The fourth-order valence-electron chi connectivity index (χ4n) is 2.65. The van der Waals surface area contributed by atoms with Crippen molar-refractivity contribution in [3.8, 4) is 5.75 Å². The first-order valence-electron chi connectivity index (χ1n) is 7.73. The molecule has 1 aliphatic heterocycles. The van der Waals surface area contributed by atoms with Gasteiger partial charge in [-0.25, -0.2) is 5.10 Å². The Kier molecular flexibility index (Phi) is 5.60. The molecule has 128 valence electrons. The van der Waals surface area contributed by atoms with Gasteiger partial charge in [-0.05, 0) is 12.1 Å². The Balaban J connectivity index is 1.48. The van der Waals surface area contributed by atoms with Crippen LogP contribution in [0.2, 0.25) is 10.0 Å². The molecule has 2 heterocycles. The van der Waals surface area contributed by atoms with Gasteiger partial charge in [0.05, 0.1) is 16.9 Å². The first-order chi connectivity index (χ1) is 11.6. The molecule has 1 N–H and O–H groups in total. The van der Waals surface area contributed by atoms with Crippen LogP contribution >= 0.6 is 23.2 Å². The fraction of sp³-hybridized carbons (Fsp3) is 0.375. The van der Waals surface area contributed by atoms with E-state index in [-0.39, 0.29) is 10.6 Å². The van der Waals surface area contributed by atoms with Crippen LogP contribution in [0.5, 0.6) is 5.75 Å². The Labute approximate surface area is 149 Å². The predicted molar refractivity (Wildman–Crippen MR) is 95.5 cm³/mol. The topological polar surface area (TPSA) is 61.5 Å². The van der Waals surface area contributed by atoms with Gasteiger partial charge in [-0.3, -0.25) is 9.69 Å². The molecule has 1 aliphatic rings. The number of piperazine rings is 1. The third-order valence-electron chi connectivity index (χ3n) is 3.99. The number of halogens is 2. The number of para-hydroxylation sites is 1. The minimum absolute atomic E-state index is 0.195. The van der Waals surface area contributed by atoms with E-state index in [9.17, 15) is 4.79 Å². The van der Waals surface area contributed by atoms with Crippen LogP contribution in [0.1, 0.15) is 0 Å². The zero-order valence-electron chi connectivity index (χ0n) is 13.0. The van der Waals surface area contributed by atoms with Gasteiger partial charge in [0.15, 0.2) is 0 Å². The number of aromatic amines is 1. The minimum Gasteiger partial charge on any atom is -0.491 e. The molecule has 0 radical (unpaired) electrons. The lowest BCUT2D eigenvalue weighted by atomic mass is 10.3. The highest BCUT2D eigenvalue weighted by molar-refractivity contribution is 6.33. The summed E-state index contributed by atoms with van der Waals surface area (Å²) in [5, 5.41) is 6.97. The highest BCUT2D eigenvalue weighted by atomic mass is 35.5. The largest absolute Gasteiger partial charge is 0.491 e. The third-order valence-corrected chi connectivity index (χ3v) is 4.67. The number of H-pyrrole nitrogens is 1. The van der Waals surface area contributed by atoms with Crippen LogP contribution in [0.3, 0.4) is 0 Å². The summed E-state index contributed by atoms with van der Waals surface area (Å²) < 4.78 is 5.72. The molecule has 0 bridgehead atoms. The standard InChI is InChI=1S/C16H18Cl2N4O2/c17-12-3-1-2-4-14(12)24-10-9-21-5-7-22(8-6-21)13-11-19-20-16(23)15(13)18/h1-4,11H,5-10H2,(H,20,23). The average molecular weight is 369 g/mol. The lowest BCUT2D eigenvalue weighted by Gasteiger charge is -2.35. The molecule has 2 aromatic rings. The van der Waals surface area contributed by atoms with Gasteiger partial charge >= 0.3 is 0 Å².